The van der Waals surface area contributed by atoms with Crippen molar-refractivity contribution in [3.63, 3.8) is 0 Å². The summed E-state index contributed by atoms with van der Waals surface area (Å²) in [5.41, 5.74) is 2.08. The van der Waals surface area contributed by atoms with Crippen molar-refractivity contribution in [1.29, 1.82) is 0 Å². The molecule has 0 unspecified atom stereocenters. The van der Waals surface area contributed by atoms with E-state index in [0.717, 1.165) is 0 Å². The number of aromatic nitrogens is 4. The second-order valence-corrected chi connectivity index (χ2v) is 6.83. The first-order chi connectivity index (χ1) is 14.0. The molecule has 1 aromatic heterocycles. The van der Waals surface area contributed by atoms with Crippen molar-refractivity contribution in [1.82, 2.24) is 20.2 Å². The molecule has 0 radical (unpaired) electrons. The zero-order valence-corrected chi connectivity index (χ0v) is 16.5. The fourth-order valence-electron chi connectivity index (χ4n) is 2.47. The summed E-state index contributed by atoms with van der Waals surface area (Å²) in [5.74, 6) is -0.631. The number of esters is 1. The number of benzene rings is 2. The van der Waals surface area contributed by atoms with Crippen LogP contribution in [0.4, 0.5) is 5.69 Å². The number of hydrogen-bond acceptors (Lipinski definition) is 8. The van der Waals surface area contributed by atoms with Gasteiger partial charge in [0.25, 0.3) is 0 Å². The maximum Gasteiger partial charge on any atom is 0.337 e. The van der Waals surface area contributed by atoms with Crippen LogP contribution in [0.5, 0.6) is 0 Å². The molecule has 1 heterocycles. The normalized spacial score (nSPS) is 10.4. The van der Waals surface area contributed by atoms with Crippen LogP contribution in [0.3, 0.4) is 0 Å². The van der Waals surface area contributed by atoms with Gasteiger partial charge in [0.2, 0.25) is 11.1 Å². The molecule has 148 valence electrons. The highest BCUT2D eigenvalue weighted by Crippen LogP contribution is 2.21. The Kier molecular flexibility index (Phi) is 6.35. The van der Waals surface area contributed by atoms with Crippen LogP contribution < -0.4 is 5.32 Å². The van der Waals surface area contributed by atoms with Gasteiger partial charge in [-0.25, -0.2) is 4.79 Å². The van der Waals surface area contributed by atoms with Crippen LogP contribution >= 0.6 is 11.8 Å². The van der Waals surface area contributed by atoms with E-state index in [4.69, 9.17) is 4.74 Å². The van der Waals surface area contributed by atoms with Crippen LogP contribution in [0.25, 0.3) is 5.69 Å². The lowest BCUT2D eigenvalue weighted by Gasteiger charge is -2.06. The van der Waals surface area contributed by atoms with Gasteiger partial charge in [-0.15, -0.1) is 5.10 Å². The summed E-state index contributed by atoms with van der Waals surface area (Å²) < 4.78 is 6.17. The first-order valence-electron chi connectivity index (χ1n) is 8.48. The number of nitrogens with zero attached hydrogens (tertiary/aromatic N) is 4. The van der Waals surface area contributed by atoms with Gasteiger partial charge in [0.05, 0.1) is 24.1 Å². The number of Topliss-reactive ketones (excluding diaryl/α,β-unsaturated/α-hetero) is 1. The lowest BCUT2D eigenvalue weighted by molar-refractivity contribution is -0.114. The van der Waals surface area contributed by atoms with Crippen molar-refractivity contribution in [2.45, 2.75) is 12.1 Å². The average molecular weight is 411 g/mol. The number of methoxy groups -OCH3 is 1. The molecule has 1 amide bonds. The second kappa shape index (κ2) is 9.11. The molecule has 9 nitrogen and oxygen atoms in total. The molecule has 0 saturated carbocycles. The number of anilines is 1. The fourth-order valence-corrected chi connectivity index (χ4v) is 3.25. The van der Waals surface area contributed by atoms with Gasteiger partial charge in [-0.05, 0) is 52.9 Å². The van der Waals surface area contributed by atoms with Crippen LogP contribution in [-0.4, -0.2) is 50.7 Å². The minimum Gasteiger partial charge on any atom is -0.465 e. The van der Waals surface area contributed by atoms with Crippen LogP contribution in [-0.2, 0) is 9.53 Å². The third kappa shape index (κ3) is 5.05. The Morgan fingerprint density at radius 2 is 1.86 bits per heavy atom. The summed E-state index contributed by atoms with van der Waals surface area (Å²) in [6.07, 6.45) is 0. The summed E-state index contributed by atoms with van der Waals surface area (Å²) in [5, 5.41) is 14.6. The van der Waals surface area contributed by atoms with Gasteiger partial charge in [0.1, 0.15) is 0 Å². The molecule has 1 N–H and O–H groups in total. The topological polar surface area (TPSA) is 116 Å². The van der Waals surface area contributed by atoms with E-state index in [2.05, 4.69) is 20.8 Å². The number of thioether (sulfide) groups is 1. The Hall–Kier alpha value is -3.53. The first kappa shape index (κ1) is 20.2. The number of nitrogens with one attached hydrogen (secondary N) is 1. The third-order valence-electron chi connectivity index (χ3n) is 3.81. The largest absolute Gasteiger partial charge is 0.465 e. The molecule has 0 spiro atoms. The molecular formula is C19H17N5O4S. The minimum atomic E-state index is -0.466. The highest BCUT2D eigenvalue weighted by Gasteiger charge is 2.14. The molecule has 0 aliphatic carbocycles. The highest BCUT2D eigenvalue weighted by atomic mass is 32.2. The SMILES string of the molecule is COC(=O)c1cccc(-n2nnnc2SCC(=O)c2ccc(NC(C)=O)cc2)c1. The highest BCUT2D eigenvalue weighted by molar-refractivity contribution is 7.99. The smallest absolute Gasteiger partial charge is 0.337 e. The molecule has 29 heavy (non-hydrogen) atoms. The van der Waals surface area contributed by atoms with Crippen LogP contribution in [0.15, 0.2) is 53.7 Å². The average Bonchev–Trinajstić information content (AvgIpc) is 3.20. The monoisotopic (exact) mass is 411 g/mol. The lowest BCUT2D eigenvalue weighted by atomic mass is 10.1. The number of carbonyl (C=O) groups excluding carboxylic acids is 3. The summed E-state index contributed by atoms with van der Waals surface area (Å²) in [7, 11) is 1.31. The second-order valence-electron chi connectivity index (χ2n) is 5.89. The summed E-state index contributed by atoms with van der Waals surface area (Å²) in [6.45, 7) is 1.42. The Morgan fingerprint density at radius 1 is 1.10 bits per heavy atom. The van der Waals surface area contributed by atoms with E-state index in [-0.39, 0.29) is 17.4 Å². The first-order valence-corrected chi connectivity index (χ1v) is 9.47. The lowest BCUT2D eigenvalue weighted by Crippen LogP contribution is -2.08. The molecule has 3 aromatic rings. The molecule has 2 aromatic carbocycles. The standard InChI is InChI=1S/C19H17N5O4S/c1-12(25)20-15-8-6-13(7-9-15)17(26)11-29-19-21-22-23-24(19)16-5-3-4-14(10-16)18(27)28-2/h3-10H,11H2,1-2H3,(H,20,25). The van der Waals surface area contributed by atoms with E-state index < -0.39 is 5.97 Å². The van der Waals surface area contributed by atoms with Crippen molar-refractivity contribution in [2.75, 3.05) is 18.2 Å². The van der Waals surface area contributed by atoms with Crippen molar-refractivity contribution in [3.05, 3.63) is 59.7 Å². The number of hydrogen-bond donors (Lipinski definition) is 1. The summed E-state index contributed by atoms with van der Waals surface area (Å²) in [6, 6.07) is 13.3. The predicted molar refractivity (Wildman–Crippen MR) is 106 cm³/mol. The molecule has 0 atom stereocenters. The number of carbonyl (C=O) groups is 3. The molecule has 0 aliphatic heterocycles. The van der Waals surface area contributed by atoms with E-state index >= 15 is 0 Å². The van der Waals surface area contributed by atoms with E-state index in [9.17, 15) is 14.4 Å². The minimum absolute atomic E-state index is 0.109. The third-order valence-corrected chi connectivity index (χ3v) is 4.73. The van der Waals surface area contributed by atoms with Crippen LogP contribution in [0.1, 0.15) is 27.6 Å². The van der Waals surface area contributed by atoms with Crippen LogP contribution in [0.2, 0.25) is 0 Å². The zero-order chi connectivity index (χ0) is 20.8. The zero-order valence-electron chi connectivity index (χ0n) is 15.7. The Balaban J connectivity index is 1.70. The molecule has 10 heteroatoms. The molecule has 0 aliphatic rings. The molecule has 0 bridgehead atoms. The van der Waals surface area contributed by atoms with Crippen LogP contribution in [0, 0.1) is 0 Å². The van der Waals surface area contributed by atoms with Crippen molar-refractivity contribution in [2.24, 2.45) is 0 Å². The Labute approximate surface area is 170 Å². The van der Waals surface area contributed by atoms with E-state index in [1.54, 1.807) is 48.5 Å². The van der Waals surface area contributed by atoms with E-state index in [0.29, 0.717) is 27.7 Å². The Morgan fingerprint density at radius 3 is 2.55 bits per heavy atom. The number of ketones is 1. The maximum atomic E-state index is 12.5. The van der Waals surface area contributed by atoms with Crippen molar-refractivity contribution in [3.8, 4) is 5.69 Å². The van der Waals surface area contributed by atoms with E-state index in [1.807, 2.05) is 0 Å². The van der Waals surface area contributed by atoms with Gasteiger partial charge in [0.15, 0.2) is 5.78 Å². The molecule has 0 fully saturated rings. The molecule has 0 saturated heterocycles. The predicted octanol–water partition coefficient (Wildman–Crippen LogP) is 2.38. The van der Waals surface area contributed by atoms with Gasteiger partial charge in [-0.3, -0.25) is 9.59 Å². The van der Waals surface area contributed by atoms with Gasteiger partial charge in [0, 0.05) is 18.2 Å². The van der Waals surface area contributed by atoms with E-state index in [1.165, 1.54) is 30.5 Å². The van der Waals surface area contributed by atoms with Gasteiger partial charge in [-0.2, -0.15) is 4.68 Å². The quantitative estimate of drug-likeness (QED) is 0.358. The summed E-state index contributed by atoms with van der Waals surface area (Å²) in [4.78, 5) is 35.2. The molecular weight excluding hydrogens is 394 g/mol. The van der Waals surface area contributed by atoms with Gasteiger partial charge < -0.3 is 10.1 Å². The van der Waals surface area contributed by atoms with Gasteiger partial charge >= 0.3 is 5.97 Å². The Bertz CT molecular complexity index is 1050. The van der Waals surface area contributed by atoms with Crippen molar-refractivity contribution >= 4 is 35.1 Å². The number of ether oxygens (including phenoxy) is 1. The summed E-state index contributed by atoms with van der Waals surface area (Å²) >= 11 is 1.18. The van der Waals surface area contributed by atoms with Gasteiger partial charge in [-0.1, -0.05) is 17.8 Å². The number of amides is 1. The molecule has 3 rings (SSSR count). The van der Waals surface area contributed by atoms with Crippen molar-refractivity contribution < 1.29 is 19.1 Å². The fraction of sp³-hybridized carbons (Fsp3) is 0.158. The maximum absolute atomic E-state index is 12.5. The number of rotatable bonds is 7. The number of tetrazole rings is 1.